The second kappa shape index (κ2) is 5.36. The monoisotopic (exact) mass is 244 g/mol. The molecule has 1 fully saturated rings. The van der Waals surface area contributed by atoms with Gasteiger partial charge >= 0.3 is 0 Å². The Kier molecular flexibility index (Phi) is 3.83. The minimum absolute atomic E-state index is 0.347. The van der Waals surface area contributed by atoms with Gasteiger partial charge in [0.15, 0.2) is 0 Å². The van der Waals surface area contributed by atoms with Crippen LogP contribution >= 0.6 is 0 Å². The van der Waals surface area contributed by atoms with Gasteiger partial charge in [0.05, 0.1) is 5.56 Å². The molecule has 2 N–H and O–H groups in total. The Hall–Kier alpha value is -1.60. The summed E-state index contributed by atoms with van der Waals surface area (Å²) in [6, 6.07) is 4.96. The highest BCUT2D eigenvalue weighted by Crippen LogP contribution is 2.21. The van der Waals surface area contributed by atoms with Crippen LogP contribution in [-0.4, -0.2) is 23.6 Å². The van der Waals surface area contributed by atoms with Gasteiger partial charge in [-0.15, -0.1) is 0 Å². The average Bonchev–Trinajstić information content (AvgIpc) is 2.31. The maximum Gasteiger partial charge on any atom is 0.144 e. The summed E-state index contributed by atoms with van der Waals surface area (Å²) in [7, 11) is 0. The zero-order valence-corrected chi connectivity index (χ0v) is 11.2. The molecule has 1 aliphatic rings. The number of hydrogen-bond donors (Lipinski definition) is 2. The number of aromatic nitrogens is 1. The van der Waals surface area contributed by atoms with Gasteiger partial charge in [0.2, 0.25) is 0 Å². The van der Waals surface area contributed by atoms with Gasteiger partial charge in [-0.05, 0) is 51.8 Å². The van der Waals surface area contributed by atoms with E-state index in [0.717, 1.165) is 36.5 Å². The van der Waals surface area contributed by atoms with Crippen LogP contribution < -0.4 is 10.6 Å². The van der Waals surface area contributed by atoms with Crippen molar-refractivity contribution in [2.75, 3.05) is 11.9 Å². The Morgan fingerprint density at radius 1 is 1.50 bits per heavy atom. The molecule has 1 aliphatic heterocycles. The van der Waals surface area contributed by atoms with E-state index in [4.69, 9.17) is 0 Å². The fraction of sp³-hybridized carbons (Fsp3) is 0.571. The number of nitriles is 1. The molecular formula is C14H20N4. The van der Waals surface area contributed by atoms with Crippen molar-refractivity contribution < 1.29 is 0 Å². The third-order valence-electron chi connectivity index (χ3n) is 3.54. The van der Waals surface area contributed by atoms with Crippen LogP contribution in [0.5, 0.6) is 0 Å². The van der Waals surface area contributed by atoms with Gasteiger partial charge in [0.1, 0.15) is 11.9 Å². The quantitative estimate of drug-likeness (QED) is 0.836. The molecule has 0 bridgehead atoms. The van der Waals surface area contributed by atoms with E-state index in [9.17, 15) is 5.26 Å². The first kappa shape index (κ1) is 12.8. The van der Waals surface area contributed by atoms with E-state index in [0.29, 0.717) is 17.6 Å². The molecule has 0 aliphatic carbocycles. The molecule has 0 saturated carbocycles. The number of hydrogen-bond acceptors (Lipinski definition) is 4. The van der Waals surface area contributed by atoms with Crippen LogP contribution in [0.4, 0.5) is 5.82 Å². The van der Waals surface area contributed by atoms with E-state index in [-0.39, 0.29) is 0 Å². The molecule has 4 nitrogen and oxygen atoms in total. The molecule has 1 aromatic heterocycles. The van der Waals surface area contributed by atoms with Crippen molar-refractivity contribution in [3.63, 3.8) is 0 Å². The number of aryl methyl sites for hydroxylation is 2. The number of nitrogens with one attached hydrogen (secondary N) is 2. The topological polar surface area (TPSA) is 60.7 Å². The molecule has 2 heterocycles. The molecule has 1 aromatic rings. The summed E-state index contributed by atoms with van der Waals surface area (Å²) < 4.78 is 0. The van der Waals surface area contributed by atoms with Crippen molar-refractivity contribution in [2.45, 2.75) is 45.7 Å². The zero-order valence-electron chi connectivity index (χ0n) is 11.2. The number of piperidine rings is 1. The smallest absolute Gasteiger partial charge is 0.144 e. The first-order valence-electron chi connectivity index (χ1n) is 6.50. The molecule has 0 aromatic carbocycles. The third-order valence-corrected chi connectivity index (χ3v) is 3.54. The van der Waals surface area contributed by atoms with Gasteiger partial charge in [0, 0.05) is 17.8 Å². The molecule has 2 atom stereocenters. The molecular weight excluding hydrogens is 224 g/mol. The molecule has 96 valence electrons. The van der Waals surface area contributed by atoms with E-state index in [1.165, 1.54) is 0 Å². The fourth-order valence-electron chi connectivity index (χ4n) is 2.50. The molecule has 0 spiro atoms. The number of pyridine rings is 1. The molecule has 0 amide bonds. The van der Waals surface area contributed by atoms with Crippen molar-refractivity contribution in [1.82, 2.24) is 10.3 Å². The largest absolute Gasteiger partial charge is 0.365 e. The lowest BCUT2D eigenvalue weighted by atomic mass is 9.99. The SMILES string of the molecule is Cc1cc(C)c(C#N)c(NC2CCCNC2C)n1. The summed E-state index contributed by atoms with van der Waals surface area (Å²) in [6.07, 6.45) is 2.28. The van der Waals surface area contributed by atoms with E-state index in [2.05, 4.69) is 28.6 Å². The molecule has 0 radical (unpaired) electrons. The minimum Gasteiger partial charge on any atom is -0.365 e. The number of rotatable bonds is 2. The summed E-state index contributed by atoms with van der Waals surface area (Å²) >= 11 is 0. The van der Waals surface area contributed by atoms with Crippen molar-refractivity contribution in [3.05, 3.63) is 22.9 Å². The van der Waals surface area contributed by atoms with Crippen molar-refractivity contribution in [3.8, 4) is 6.07 Å². The standard InChI is InChI=1S/C14H20N4/c1-9-7-10(2)17-14(12(9)8-15)18-13-5-4-6-16-11(13)3/h7,11,13,16H,4-6H2,1-3H3,(H,17,18). The average molecular weight is 244 g/mol. The summed E-state index contributed by atoms with van der Waals surface area (Å²) in [5.74, 6) is 0.732. The highest BCUT2D eigenvalue weighted by atomic mass is 15.1. The van der Waals surface area contributed by atoms with Gasteiger partial charge in [0.25, 0.3) is 0 Å². The van der Waals surface area contributed by atoms with E-state index < -0.39 is 0 Å². The summed E-state index contributed by atoms with van der Waals surface area (Å²) in [4.78, 5) is 4.47. The van der Waals surface area contributed by atoms with Gasteiger partial charge in [-0.25, -0.2) is 4.98 Å². The van der Waals surface area contributed by atoms with Gasteiger partial charge in [-0.1, -0.05) is 0 Å². The maximum atomic E-state index is 9.24. The van der Waals surface area contributed by atoms with Crippen molar-refractivity contribution >= 4 is 5.82 Å². The zero-order chi connectivity index (χ0) is 13.1. The lowest BCUT2D eigenvalue weighted by Gasteiger charge is -2.31. The second-order valence-electron chi connectivity index (χ2n) is 5.05. The van der Waals surface area contributed by atoms with Crippen LogP contribution in [0.3, 0.4) is 0 Å². The third kappa shape index (κ3) is 2.62. The van der Waals surface area contributed by atoms with Gasteiger partial charge in [-0.2, -0.15) is 5.26 Å². The summed E-state index contributed by atoms with van der Waals surface area (Å²) in [5, 5.41) is 16.1. The van der Waals surface area contributed by atoms with Crippen molar-refractivity contribution in [2.24, 2.45) is 0 Å². The van der Waals surface area contributed by atoms with Crippen LogP contribution in [0.15, 0.2) is 6.07 Å². The molecule has 2 rings (SSSR count). The molecule has 2 unspecified atom stereocenters. The first-order chi connectivity index (χ1) is 8.61. The molecule has 4 heteroatoms. The Bertz CT molecular complexity index is 475. The second-order valence-corrected chi connectivity index (χ2v) is 5.05. The predicted octanol–water partition coefficient (Wildman–Crippen LogP) is 2.12. The molecule has 1 saturated heterocycles. The Labute approximate surface area is 108 Å². The normalized spacial score (nSPS) is 23.4. The lowest BCUT2D eigenvalue weighted by Crippen LogP contribution is -2.46. The summed E-state index contributed by atoms with van der Waals surface area (Å²) in [6.45, 7) is 7.17. The summed E-state index contributed by atoms with van der Waals surface area (Å²) in [5.41, 5.74) is 2.60. The lowest BCUT2D eigenvalue weighted by molar-refractivity contribution is 0.388. The van der Waals surface area contributed by atoms with Crippen LogP contribution in [0, 0.1) is 25.2 Å². The Morgan fingerprint density at radius 2 is 2.28 bits per heavy atom. The number of nitrogens with zero attached hydrogens (tertiary/aromatic N) is 2. The van der Waals surface area contributed by atoms with Crippen LogP contribution in [0.2, 0.25) is 0 Å². The predicted molar refractivity (Wildman–Crippen MR) is 72.5 cm³/mol. The highest BCUT2D eigenvalue weighted by Gasteiger charge is 2.22. The van der Waals surface area contributed by atoms with Crippen LogP contribution in [0.1, 0.15) is 36.6 Å². The van der Waals surface area contributed by atoms with Crippen LogP contribution in [-0.2, 0) is 0 Å². The number of anilines is 1. The van der Waals surface area contributed by atoms with Crippen molar-refractivity contribution in [1.29, 1.82) is 5.26 Å². The minimum atomic E-state index is 0.347. The van der Waals surface area contributed by atoms with Gasteiger partial charge < -0.3 is 10.6 Å². The Balaban J connectivity index is 2.25. The molecule has 18 heavy (non-hydrogen) atoms. The maximum absolute atomic E-state index is 9.24. The van der Waals surface area contributed by atoms with E-state index >= 15 is 0 Å². The van der Waals surface area contributed by atoms with Crippen LogP contribution in [0.25, 0.3) is 0 Å². The van der Waals surface area contributed by atoms with E-state index in [1.54, 1.807) is 0 Å². The Morgan fingerprint density at radius 3 is 2.94 bits per heavy atom. The van der Waals surface area contributed by atoms with E-state index in [1.807, 2.05) is 19.9 Å². The fourth-order valence-corrected chi connectivity index (χ4v) is 2.50. The van der Waals surface area contributed by atoms with Gasteiger partial charge in [-0.3, -0.25) is 0 Å². The highest BCUT2D eigenvalue weighted by molar-refractivity contribution is 5.57. The first-order valence-corrected chi connectivity index (χ1v) is 6.50.